The Bertz CT molecular complexity index is 1430. The number of rotatable bonds is 4. The standard InChI is InChI=1S/C29H34O9/c1-14(2)23(31)36-22-21(35-25(33)29-12-11-28(8,24(32)38-29)27(29,6)7)19-18(37-26(22,4)5)10-9-16-17(30)13-15(3)34-20(16)19/h9-10,13-14,21-22H,11-12H2,1-8H3/t21-,22-,28?,29?/m1/s1. The van der Waals surface area contributed by atoms with Crippen LogP contribution in [0.2, 0.25) is 0 Å². The van der Waals surface area contributed by atoms with Crippen LogP contribution in [-0.4, -0.2) is 35.2 Å². The minimum Gasteiger partial charge on any atom is -0.483 e. The fourth-order valence-electron chi connectivity index (χ4n) is 6.05. The average molecular weight is 527 g/mol. The maximum atomic E-state index is 14.1. The first-order chi connectivity index (χ1) is 17.6. The van der Waals surface area contributed by atoms with Gasteiger partial charge in [0.1, 0.15) is 22.7 Å². The lowest BCUT2D eigenvalue weighted by molar-refractivity contribution is -0.208. The van der Waals surface area contributed by atoms with E-state index in [1.165, 1.54) is 6.07 Å². The molecule has 5 rings (SSSR count). The van der Waals surface area contributed by atoms with Gasteiger partial charge >= 0.3 is 17.9 Å². The van der Waals surface area contributed by atoms with Gasteiger partial charge in [0.05, 0.1) is 22.3 Å². The number of hydrogen-bond acceptors (Lipinski definition) is 9. The number of hydrogen-bond donors (Lipinski definition) is 0. The van der Waals surface area contributed by atoms with Gasteiger partial charge in [-0.25, -0.2) is 4.79 Å². The number of aryl methyl sites for hydroxylation is 1. The molecule has 4 atom stereocenters. The van der Waals surface area contributed by atoms with Crippen LogP contribution in [-0.2, 0) is 28.6 Å². The van der Waals surface area contributed by atoms with Gasteiger partial charge in [-0.2, -0.15) is 0 Å². The monoisotopic (exact) mass is 526 g/mol. The number of fused-ring (bicyclic) bond motifs is 5. The Kier molecular flexibility index (Phi) is 5.58. The van der Waals surface area contributed by atoms with E-state index in [0.717, 1.165) is 0 Å². The van der Waals surface area contributed by atoms with E-state index in [1.807, 2.05) is 20.8 Å². The van der Waals surface area contributed by atoms with Crippen LogP contribution in [0, 0.1) is 23.7 Å². The first kappa shape index (κ1) is 26.3. The van der Waals surface area contributed by atoms with E-state index in [1.54, 1.807) is 46.8 Å². The summed E-state index contributed by atoms with van der Waals surface area (Å²) < 4.78 is 30.1. The van der Waals surface area contributed by atoms with Crippen LogP contribution in [0.15, 0.2) is 27.4 Å². The second-order valence-electron chi connectivity index (χ2n) is 12.3. The third kappa shape index (κ3) is 3.36. The summed E-state index contributed by atoms with van der Waals surface area (Å²) in [5.74, 6) is -1.44. The van der Waals surface area contributed by atoms with Gasteiger partial charge < -0.3 is 23.4 Å². The lowest BCUT2D eigenvalue weighted by Gasteiger charge is -2.44. The van der Waals surface area contributed by atoms with E-state index >= 15 is 0 Å². The summed E-state index contributed by atoms with van der Waals surface area (Å²) in [4.78, 5) is 52.6. The first-order valence-electron chi connectivity index (χ1n) is 13.0. The Hall–Kier alpha value is -3.36. The van der Waals surface area contributed by atoms with Gasteiger partial charge in [-0.05, 0) is 52.7 Å². The molecule has 1 aliphatic carbocycles. The molecule has 0 amide bonds. The lowest BCUT2D eigenvalue weighted by atomic mass is 9.66. The first-order valence-corrected chi connectivity index (χ1v) is 13.0. The zero-order valence-corrected chi connectivity index (χ0v) is 23.1. The topological polar surface area (TPSA) is 118 Å². The van der Waals surface area contributed by atoms with Crippen molar-refractivity contribution in [3.63, 3.8) is 0 Å². The Morgan fingerprint density at radius 2 is 1.68 bits per heavy atom. The molecule has 2 bridgehead atoms. The van der Waals surface area contributed by atoms with Crippen molar-refractivity contribution in [1.29, 1.82) is 0 Å². The fraction of sp³-hybridized carbons (Fsp3) is 0.586. The van der Waals surface area contributed by atoms with Crippen molar-refractivity contribution in [2.75, 3.05) is 0 Å². The quantitative estimate of drug-likeness (QED) is 0.418. The highest BCUT2D eigenvalue weighted by molar-refractivity contribution is 5.94. The molecule has 2 aliphatic heterocycles. The molecule has 2 fully saturated rings. The van der Waals surface area contributed by atoms with E-state index in [2.05, 4.69) is 0 Å². The molecule has 204 valence electrons. The number of ether oxygens (including phenoxy) is 4. The van der Waals surface area contributed by atoms with Crippen LogP contribution in [0.1, 0.15) is 78.7 Å². The molecule has 38 heavy (non-hydrogen) atoms. The van der Waals surface area contributed by atoms with Gasteiger partial charge in [-0.3, -0.25) is 14.4 Å². The molecule has 0 spiro atoms. The molecule has 1 saturated carbocycles. The zero-order chi connectivity index (χ0) is 28.0. The zero-order valence-electron chi connectivity index (χ0n) is 23.1. The van der Waals surface area contributed by atoms with Gasteiger partial charge in [0.25, 0.3) is 0 Å². The highest BCUT2D eigenvalue weighted by Gasteiger charge is 2.76. The van der Waals surface area contributed by atoms with Crippen LogP contribution < -0.4 is 10.2 Å². The van der Waals surface area contributed by atoms with E-state index in [9.17, 15) is 19.2 Å². The summed E-state index contributed by atoms with van der Waals surface area (Å²) >= 11 is 0. The fourth-order valence-corrected chi connectivity index (χ4v) is 6.05. The van der Waals surface area contributed by atoms with Crippen molar-refractivity contribution >= 4 is 28.9 Å². The van der Waals surface area contributed by atoms with Gasteiger partial charge in [-0.1, -0.05) is 27.7 Å². The lowest BCUT2D eigenvalue weighted by Crippen LogP contribution is -2.55. The second kappa shape index (κ2) is 8.07. The maximum Gasteiger partial charge on any atom is 0.351 e. The summed E-state index contributed by atoms with van der Waals surface area (Å²) in [5.41, 5.74) is -4.10. The van der Waals surface area contributed by atoms with Crippen molar-refractivity contribution < 1.29 is 37.7 Å². The van der Waals surface area contributed by atoms with Gasteiger partial charge in [-0.15, -0.1) is 0 Å². The Morgan fingerprint density at radius 3 is 2.26 bits per heavy atom. The van der Waals surface area contributed by atoms with Crippen molar-refractivity contribution in [3.8, 4) is 5.75 Å². The second-order valence-corrected chi connectivity index (χ2v) is 12.3. The number of benzene rings is 1. The number of esters is 3. The molecule has 9 heteroatoms. The molecule has 1 aromatic heterocycles. The largest absolute Gasteiger partial charge is 0.483 e. The SMILES string of the molecule is Cc1cc(=O)c2ccc3c(c2o1)[C@@H](OC(=O)C12CCC(C)(C(=O)O1)C2(C)C)[C@@H](OC(=O)C(C)C)C(C)(C)O3. The van der Waals surface area contributed by atoms with E-state index in [4.69, 9.17) is 23.4 Å². The third-order valence-electron chi connectivity index (χ3n) is 9.00. The van der Waals surface area contributed by atoms with Crippen LogP contribution >= 0.6 is 0 Å². The predicted octanol–water partition coefficient (Wildman–Crippen LogP) is 4.55. The molecular weight excluding hydrogens is 492 g/mol. The highest BCUT2D eigenvalue weighted by atomic mass is 16.6. The normalized spacial score (nSPS) is 30.5. The summed E-state index contributed by atoms with van der Waals surface area (Å²) in [6, 6.07) is 4.59. The average Bonchev–Trinajstić information content (AvgIpc) is 3.10. The van der Waals surface area contributed by atoms with Crippen molar-refractivity contribution in [1.82, 2.24) is 0 Å². The predicted molar refractivity (Wildman–Crippen MR) is 135 cm³/mol. The molecule has 1 aromatic carbocycles. The van der Waals surface area contributed by atoms with Gasteiger partial charge in [0.15, 0.2) is 17.6 Å². The summed E-state index contributed by atoms with van der Waals surface area (Å²) in [5, 5.41) is 0.270. The van der Waals surface area contributed by atoms with Crippen LogP contribution in [0.4, 0.5) is 0 Å². The molecular formula is C29H34O9. The third-order valence-corrected chi connectivity index (χ3v) is 9.00. The maximum absolute atomic E-state index is 14.1. The van der Waals surface area contributed by atoms with Crippen molar-refractivity contribution in [3.05, 3.63) is 39.7 Å². The molecule has 2 aromatic rings. The molecule has 0 radical (unpaired) electrons. The van der Waals surface area contributed by atoms with Crippen molar-refractivity contribution in [2.24, 2.45) is 16.7 Å². The molecule has 1 saturated heterocycles. The summed E-state index contributed by atoms with van der Waals surface area (Å²) in [6.45, 7) is 14.0. The molecule has 9 nitrogen and oxygen atoms in total. The molecule has 0 N–H and O–H groups in total. The van der Waals surface area contributed by atoms with E-state index in [-0.39, 0.29) is 22.0 Å². The Balaban J connectivity index is 1.69. The minimum atomic E-state index is -1.50. The Labute approximate surface area is 220 Å². The molecule has 3 aliphatic rings. The van der Waals surface area contributed by atoms with Gasteiger partial charge in [0.2, 0.25) is 5.60 Å². The Morgan fingerprint density at radius 1 is 1.00 bits per heavy atom. The smallest absolute Gasteiger partial charge is 0.351 e. The minimum absolute atomic E-state index is 0.183. The molecule has 2 unspecified atom stereocenters. The van der Waals surface area contributed by atoms with E-state index in [0.29, 0.717) is 24.4 Å². The highest BCUT2D eigenvalue weighted by Crippen LogP contribution is 2.66. The molecule has 3 heterocycles. The summed E-state index contributed by atoms with van der Waals surface area (Å²) in [6.07, 6.45) is -1.50. The van der Waals surface area contributed by atoms with Gasteiger partial charge in [0, 0.05) is 11.5 Å². The van der Waals surface area contributed by atoms with Crippen LogP contribution in [0.3, 0.4) is 0 Å². The summed E-state index contributed by atoms with van der Waals surface area (Å²) in [7, 11) is 0. The van der Waals surface area contributed by atoms with Crippen molar-refractivity contribution in [2.45, 2.75) is 91.6 Å². The number of carbonyl (C=O) groups excluding carboxylic acids is 3. The number of carbonyl (C=O) groups is 3. The van der Waals surface area contributed by atoms with E-state index < -0.39 is 58.1 Å². The van der Waals surface area contributed by atoms with Crippen LogP contribution in [0.25, 0.3) is 11.0 Å². The van der Waals surface area contributed by atoms with Crippen LogP contribution in [0.5, 0.6) is 5.75 Å².